The van der Waals surface area contributed by atoms with Gasteiger partial charge < -0.3 is 9.47 Å². The van der Waals surface area contributed by atoms with Gasteiger partial charge in [0.25, 0.3) is 12.0 Å². The smallest absolute Gasteiger partial charge is 0.332 e. The van der Waals surface area contributed by atoms with Crippen LogP contribution in [-0.2, 0) is 29.5 Å². The summed E-state index contributed by atoms with van der Waals surface area (Å²) in [5.74, 6) is 0.830. The Morgan fingerprint density at radius 2 is 1.78 bits per heavy atom. The van der Waals surface area contributed by atoms with E-state index in [1.807, 2.05) is 24.3 Å². The molecule has 2 heterocycles. The van der Waals surface area contributed by atoms with E-state index in [9.17, 15) is 18.8 Å². The fraction of sp³-hybridized carbons (Fsp3) is 0.286. The molecule has 0 aliphatic rings. The Labute approximate surface area is 212 Å². The van der Waals surface area contributed by atoms with Gasteiger partial charge in [-0.15, -0.1) is 0 Å². The molecule has 2 aromatic carbocycles. The molecule has 9 heteroatoms. The minimum Gasteiger partial charge on any atom is -0.468 e. The highest BCUT2D eigenvalue weighted by atomic mass is 19.1. The van der Waals surface area contributed by atoms with Crippen LogP contribution in [0.1, 0.15) is 42.9 Å². The first-order valence-corrected chi connectivity index (χ1v) is 12.0. The van der Waals surface area contributed by atoms with Crippen LogP contribution < -0.4 is 16.0 Å². The van der Waals surface area contributed by atoms with Crippen LogP contribution in [0.3, 0.4) is 0 Å². The second-order valence-corrected chi connectivity index (χ2v) is 9.02. The van der Waals surface area contributed by atoms with Crippen molar-refractivity contribution in [2.24, 2.45) is 7.05 Å². The number of nitrogens with zero attached hydrogens (tertiary/aromatic N) is 3. The molecule has 4 rings (SSSR count). The predicted octanol–water partition coefficient (Wildman–Crippen LogP) is 4.30. The number of rotatable bonds is 10. The van der Waals surface area contributed by atoms with E-state index in [0.29, 0.717) is 23.5 Å². The largest absolute Gasteiger partial charge is 0.468 e. The van der Waals surface area contributed by atoms with Gasteiger partial charge in [0.1, 0.15) is 23.0 Å². The van der Waals surface area contributed by atoms with Crippen molar-refractivity contribution < 1.29 is 18.7 Å². The first-order chi connectivity index (χ1) is 17.8. The molecule has 0 atom stereocenters. The minimum atomic E-state index is -0.525. The van der Waals surface area contributed by atoms with E-state index in [0.717, 1.165) is 15.7 Å². The number of aryl methyl sites for hydroxylation is 1. The average molecular weight is 506 g/mol. The number of para-hydroxylation sites is 1. The van der Waals surface area contributed by atoms with Crippen molar-refractivity contribution >= 4 is 17.5 Å². The van der Waals surface area contributed by atoms with E-state index in [1.54, 1.807) is 19.2 Å². The highest BCUT2D eigenvalue weighted by molar-refractivity contribution is 5.81. The van der Waals surface area contributed by atoms with Crippen LogP contribution >= 0.6 is 0 Å². The third-order valence-corrected chi connectivity index (χ3v) is 6.19. The minimum absolute atomic E-state index is 0.0620. The van der Waals surface area contributed by atoms with Crippen molar-refractivity contribution in [3.63, 3.8) is 0 Å². The van der Waals surface area contributed by atoms with E-state index in [-0.39, 0.29) is 48.8 Å². The van der Waals surface area contributed by atoms with Crippen LogP contribution in [0.5, 0.6) is 11.5 Å². The number of aromatic nitrogens is 3. The highest BCUT2D eigenvalue weighted by Gasteiger charge is 2.21. The summed E-state index contributed by atoms with van der Waals surface area (Å²) in [6.45, 7) is 4.58. The number of pyridine rings is 1. The molecule has 0 saturated heterocycles. The van der Waals surface area contributed by atoms with Crippen molar-refractivity contribution in [1.82, 2.24) is 14.1 Å². The van der Waals surface area contributed by atoms with Gasteiger partial charge in [0.05, 0.1) is 18.2 Å². The maximum atomic E-state index is 13.7. The maximum Gasteiger partial charge on any atom is 0.332 e. The second kappa shape index (κ2) is 11.2. The molecule has 0 bridgehead atoms. The van der Waals surface area contributed by atoms with Gasteiger partial charge in [0.15, 0.2) is 0 Å². The van der Waals surface area contributed by atoms with E-state index in [4.69, 9.17) is 9.47 Å². The summed E-state index contributed by atoms with van der Waals surface area (Å²) >= 11 is 0. The van der Waals surface area contributed by atoms with Crippen molar-refractivity contribution in [3.8, 4) is 11.5 Å². The third kappa shape index (κ3) is 5.45. The number of halogens is 1. The lowest BCUT2D eigenvalue weighted by molar-refractivity contribution is -0.128. The summed E-state index contributed by atoms with van der Waals surface area (Å²) in [6, 6.07) is 13.6. The lowest BCUT2D eigenvalue weighted by atomic mass is 10.0. The van der Waals surface area contributed by atoms with Gasteiger partial charge in [-0.05, 0) is 41.7 Å². The monoisotopic (exact) mass is 505 g/mol. The van der Waals surface area contributed by atoms with E-state index < -0.39 is 11.2 Å². The van der Waals surface area contributed by atoms with Gasteiger partial charge in [-0.25, -0.2) is 14.2 Å². The molecular formula is C28H28FN3O5. The Hall–Kier alpha value is -4.27. The Balaban J connectivity index is 1.93. The van der Waals surface area contributed by atoms with Crippen molar-refractivity contribution in [2.45, 2.75) is 39.2 Å². The zero-order valence-corrected chi connectivity index (χ0v) is 20.9. The van der Waals surface area contributed by atoms with Crippen LogP contribution in [0.2, 0.25) is 0 Å². The summed E-state index contributed by atoms with van der Waals surface area (Å²) in [7, 11) is 1.55. The highest BCUT2D eigenvalue weighted by Crippen LogP contribution is 2.34. The molecule has 0 radical (unpaired) electrons. The van der Waals surface area contributed by atoms with E-state index in [1.165, 1.54) is 22.9 Å². The Morgan fingerprint density at radius 1 is 1.05 bits per heavy atom. The molecule has 0 N–H and O–H groups in total. The van der Waals surface area contributed by atoms with Gasteiger partial charge in [0.2, 0.25) is 0 Å². The van der Waals surface area contributed by atoms with Crippen LogP contribution in [0, 0.1) is 5.82 Å². The Kier molecular flexibility index (Phi) is 7.81. The molecular weight excluding hydrogens is 477 g/mol. The molecule has 0 spiro atoms. The van der Waals surface area contributed by atoms with Gasteiger partial charge in [0, 0.05) is 25.6 Å². The molecule has 4 aromatic rings. The predicted molar refractivity (Wildman–Crippen MR) is 138 cm³/mol. The zero-order chi connectivity index (χ0) is 26.5. The number of carbonyl (C=O) groups excluding carboxylic acids is 1. The molecule has 192 valence electrons. The van der Waals surface area contributed by atoms with Crippen LogP contribution in [0.25, 0.3) is 11.0 Å². The van der Waals surface area contributed by atoms with Gasteiger partial charge >= 0.3 is 5.69 Å². The fourth-order valence-corrected chi connectivity index (χ4v) is 4.28. The topological polar surface area (TPSA) is 92.4 Å². The van der Waals surface area contributed by atoms with E-state index >= 15 is 0 Å². The van der Waals surface area contributed by atoms with Crippen LogP contribution in [0.15, 0.2) is 64.3 Å². The van der Waals surface area contributed by atoms with Crippen LogP contribution in [0.4, 0.5) is 4.39 Å². The number of carbonyl (C=O) groups is 1. The summed E-state index contributed by atoms with van der Waals surface area (Å²) in [4.78, 5) is 41.6. The fourth-order valence-electron chi connectivity index (χ4n) is 4.28. The number of fused-ring (bicyclic) bond motifs is 1. The Bertz CT molecular complexity index is 1540. The first-order valence-electron chi connectivity index (χ1n) is 12.0. The molecule has 37 heavy (non-hydrogen) atoms. The zero-order valence-electron chi connectivity index (χ0n) is 20.9. The lowest BCUT2D eigenvalue weighted by Gasteiger charge is -2.18. The third-order valence-electron chi connectivity index (χ3n) is 6.19. The summed E-state index contributed by atoms with van der Waals surface area (Å²) in [6.07, 6.45) is 2.05. The molecule has 0 aliphatic carbocycles. The quantitative estimate of drug-likeness (QED) is 0.236. The molecule has 0 aliphatic heterocycles. The molecule has 0 saturated carbocycles. The molecule has 0 amide bonds. The Morgan fingerprint density at radius 3 is 2.49 bits per heavy atom. The molecule has 2 aromatic heterocycles. The summed E-state index contributed by atoms with van der Waals surface area (Å²) < 4.78 is 27.1. The average Bonchev–Trinajstić information content (AvgIpc) is 2.89. The van der Waals surface area contributed by atoms with E-state index in [2.05, 4.69) is 18.8 Å². The maximum absolute atomic E-state index is 13.7. The summed E-state index contributed by atoms with van der Waals surface area (Å²) in [5, 5.41) is 0.238. The number of hydrogen-bond donors (Lipinski definition) is 0. The normalized spacial score (nSPS) is 11.2. The summed E-state index contributed by atoms with van der Waals surface area (Å²) in [5.41, 5.74) is 1.46. The van der Waals surface area contributed by atoms with Crippen molar-refractivity contribution in [3.05, 3.63) is 98.1 Å². The number of benzene rings is 2. The van der Waals surface area contributed by atoms with Gasteiger partial charge in [-0.3, -0.25) is 18.7 Å². The first kappa shape index (κ1) is 25.8. The van der Waals surface area contributed by atoms with Gasteiger partial charge in [-0.1, -0.05) is 44.2 Å². The molecule has 0 fully saturated rings. The number of ether oxygens (including phenoxy) is 2. The lowest BCUT2D eigenvalue weighted by Crippen LogP contribution is -2.40. The number of hydrogen-bond acceptors (Lipinski definition) is 6. The van der Waals surface area contributed by atoms with Gasteiger partial charge in [-0.2, -0.15) is 0 Å². The molecule has 0 unspecified atom stereocenters. The SMILES string of the molecule is CC(C)c1ccccc1Oc1cnc2c(c1Cc1ccc(F)cc1)c(=O)n(CCCOC=O)c(=O)n2C. The van der Waals surface area contributed by atoms with Crippen molar-refractivity contribution in [2.75, 3.05) is 6.61 Å². The van der Waals surface area contributed by atoms with Crippen LogP contribution in [-0.4, -0.2) is 27.2 Å². The second-order valence-electron chi connectivity index (χ2n) is 9.02. The molecule has 8 nitrogen and oxygen atoms in total. The standard InChI is InChI=1S/C28H28FN3O5/c1-18(2)21-7-4-5-8-23(21)37-24-16-30-26-25(22(24)15-19-9-11-20(29)12-10-19)27(34)32(28(35)31(26)3)13-6-14-36-17-33/h4-5,7-12,16-18H,6,13-15H2,1-3H3. The van der Waals surface area contributed by atoms with Crippen molar-refractivity contribution in [1.29, 1.82) is 0 Å².